The first-order chi connectivity index (χ1) is 4.74. The highest BCUT2D eigenvalue weighted by Crippen LogP contribution is 2.46. The molecule has 2 unspecified atom stereocenters. The molecule has 2 fully saturated rings. The molecular formula is C8H16N2. The van der Waals surface area contributed by atoms with Gasteiger partial charge in [0.25, 0.3) is 0 Å². The van der Waals surface area contributed by atoms with Crippen molar-refractivity contribution in [3.8, 4) is 0 Å². The van der Waals surface area contributed by atoms with Gasteiger partial charge in [-0.15, -0.1) is 0 Å². The highest BCUT2D eigenvalue weighted by atomic mass is 15.2. The summed E-state index contributed by atoms with van der Waals surface area (Å²) in [5.41, 5.74) is 6.33. The molecule has 1 aliphatic carbocycles. The molecule has 0 bridgehead atoms. The molecule has 58 valence electrons. The summed E-state index contributed by atoms with van der Waals surface area (Å²) in [4.78, 5) is 2.50. The van der Waals surface area contributed by atoms with E-state index in [0.717, 1.165) is 5.92 Å². The van der Waals surface area contributed by atoms with E-state index in [4.69, 9.17) is 5.73 Å². The van der Waals surface area contributed by atoms with Gasteiger partial charge in [0.2, 0.25) is 0 Å². The van der Waals surface area contributed by atoms with E-state index >= 15 is 0 Å². The average Bonchev–Trinajstić information content (AvgIpc) is 2.59. The van der Waals surface area contributed by atoms with E-state index in [1.807, 2.05) is 0 Å². The Hall–Kier alpha value is -0.0800. The van der Waals surface area contributed by atoms with Crippen LogP contribution in [0.25, 0.3) is 0 Å². The standard InChI is InChI=1S/C8H16N2/c1-2-10-4-3-8(9)5-7(8)6-10/h7H,2-6,9H2,1H3. The zero-order valence-corrected chi connectivity index (χ0v) is 6.64. The van der Waals surface area contributed by atoms with Crippen LogP contribution >= 0.6 is 0 Å². The second-order valence-electron chi connectivity index (χ2n) is 3.78. The molecule has 10 heavy (non-hydrogen) atoms. The van der Waals surface area contributed by atoms with Gasteiger partial charge in [0, 0.05) is 12.1 Å². The fourth-order valence-corrected chi connectivity index (χ4v) is 2.01. The van der Waals surface area contributed by atoms with Crippen molar-refractivity contribution in [1.29, 1.82) is 0 Å². The van der Waals surface area contributed by atoms with Crippen molar-refractivity contribution in [3.63, 3.8) is 0 Å². The van der Waals surface area contributed by atoms with Crippen molar-refractivity contribution in [2.45, 2.75) is 25.3 Å². The zero-order chi connectivity index (χ0) is 7.19. The number of hydrogen-bond acceptors (Lipinski definition) is 2. The Balaban J connectivity index is 1.93. The van der Waals surface area contributed by atoms with Crippen LogP contribution in [-0.2, 0) is 0 Å². The van der Waals surface area contributed by atoms with Gasteiger partial charge in [-0.05, 0) is 31.8 Å². The van der Waals surface area contributed by atoms with Crippen LogP contribution in [0.15, 0.2) is 0 Å². The summed E-state index contributed by atoms with van der Waals surface area (Å²) >= 11 is 0. The molecule has 0 spiro atoms. The topological polar surface area (TPSA) is 29.3 Å². The Morgan fingerprint density at radius 3 is 3.10 bits per heavy atom. The van der Waals surface area contributed by atoms with Crippen LogP contribution in [0.4, 0.5) is 0 Å². The van der Waals surface area contributed by atoms with Crippen LogP contribution in [0, 0.1) is 5.92 Å². The molecule has 2 atom stereocenters. The van der Waals surface area contributed by atoms with Gasteiger partial charge in [-0.1, -0.05) is 6.92 Å². The van der Waals surface area contributed by atoms with Crippen LogP contribution in [-0.4, -0.2) is 30.1 Å². The summed E-state index contributed by atoms with van der Waals surface area (Å²) in [6.07, 6.45) is 2.51. The van der Waals surface area contributed by atoms with Crippen molar-refractivity contribution in [3.05, 3.63) is 0 Å². The lowest BCUT2D eigenvalue weighted by Crippen LogP contribution is -2.41. The molecule has 0 aromatic rings. The van der Waals surface area contributed by atoms with Crippen molar-refractivity contribution in [1.82, 2.24) is 4.90 Å². The van der Waals surface area contributed by atoms with Crippen molar-refractivity contribution in [2.24, 2.45) is 11.7 Å². The summed E-state index contributed by atoms with van der Waals surface area (Å²) in [6, 6.07) is 0. The largest absolute Gasteiger partial charge is 0.325 e. The number of rotatable bonds is 1. The van der Waals surface area contributed by atoms with Gasteiger partial charge in [-0.2, -0.15) is 0 Å². The van der Waals surface area contributed by atoms with Crippen LogP contribution < -0.4 is 5.73 Å². The minimum Gasteiger partial charge on any atom is -0.325 e. The quantitative estimate of drug-likeness (QED) is 0.572. The Bertz CT molecular complexity index is 146. The highest BCUT2D eigenvalue weighted by molar-refractivity contribution is 5.11. The van der Waals surface area contributed by atoms with Crippen LogP contribution in [0.1, 0.15) is 19.8 Å². The molecule has 0 aromatic heterocycles. The summed E-state index contributed by atoms with van der Waals surface area (Å²) in [5.74, 6) is 0.834. The molecule has 1 saturated carbocycles. The Morgan fingerprint density at radius 1 is 1.70 bits per heavy atom. The first kappa shape index (κ1) is 6.62. The fourth-order valence-electron chi connectivity index (χ4n) is 2.01. The van der Waals surface area contributed by atoms with Gasteiger partial charge in [0.15, 0.2) is 0 Å². The van der Waals surface area contributed by atoms with E-state index < -0.39 is 0 Å². The molecule has 1 saturated heterocycles. The van der Waals surface area contributed by atoms with Gasteiger partial charge < -0.3 is 10.6 Å². The molecule has 1 heterocycles. The van der Waals surface area contributed by atoms with Crippen molar-refractivity contribution in [2.75, 3.05) is 19.6 Å². The smallest absolute Gasteiger partial charge is 0.0211 e. The summed E-state index contributed by atoms with van der Waals surface area (Å²) in [5, 5.41) is 0. The molecule has 2 N–H and O–H groups in total. The average molecular weight is 140 g/mol. The molecule has 2 heteroatoms. The number of piperidine rings is 1. The molecule has 0 radical (unpaired) electrons. The molecule has 2 rings (SSSR count). The second kappa shape index (κ2) is 1.95. The number of nitrogens with two attached hydrogens (primary N) is 1. The third kappa shape index (κ3) is 0.867. The van der Waals surface area contributed by atoms with Gasteiger partial charge in [0.1, 0.15) is 0 Å². The predicted octanol–water partition coefficient (Wildman–Crippen LogP) is 0.429. The van der Waals surface area contributed by atoms with E-state index in [-0.39, 0.29) is 5.54 Å². The van der Waals surface area contributed by atoms with E-state index in [2.05, 4.69) is 11.8 Å². The van der Waals surface area contributed by atoms with E-state index in [9.17, 15) is 0 Å². The number of likely N-dealkylation sites (tertiary alicyclic amines) is 1. The molecule has 0 aromatic carbocycles. The third-order valence-electron chi connectivity index (χ3n) is 3.10. The lowest BCUT2D eigenvalue weighted by atomic mass is 10.1. The van der Waals surface area contributed by atoms with Crippen LogP contribution in [0.5, 0.6) is 0 Å². The van der Waals surface area contributed by atoms with Crippen molar-refractivity contribution >= 4 is 0 Å². The normalized spacial score (nSPS) is 46.8. The minimum absolute atomic E-state index is 0.283. The van der Waals surface area contributed by atoms with Crippen LogP contribution in [0.2, 0.25) is 0 Å². The predicted molar refractivity (Wildman–Crippen MR) is 41.8 cm³/mol. The third-order valence-corrected chi connectivity index (χ3v) is 3.10. The summed E-state index contributed by atoms with van der Waals surface area (Å²) in [6.45, 7) is 5.91. The van der Waals surface area contributed by atoms with E-state index in [0.29, 0.717) is 0 Å². The SMILES string of the molecule is CCN1CCC2(N)CC2C1. The lowest BCUT2D eigenvalue weighted by Gasteiger charge is -2.28. The first-order valence-electron chi connectivity index (χ1n) is 4.26. The van der Waals surface area contributed by atoms with Crippen molar-refractivity contribution < 1.29 is 0 Å². The maximum Gasteiger partial charge on any atom is 0.0211 e. The van der Waals surface area contributed by atoms with E-state index in [1.54, 1.807) is 0 Å². The minimum atomic E-state index is 0.283. The highest BCUT2D eigenvalue weighted by Gasteiger charge is 2.53. The number of hydrogen-bond donors (Lipinski definition) is 1. The Kier molecular flexibility index (Phi) is 1.29. The van der Waals surface area contributed by atoms with Gasteiger partial charge in [-0.25, -0.2) is 0 Å². The Labute approximate surface area is 62.4 Å². The van der Waals surface area contributed by atoms with Gasteiger partial charge in [0.05, 0.1) is 0 Å². The zero-order valence-electron chi connectivity index (χ0n) is 6.64. The van der Waals surface area contributed by atoms with Gasteiger partial charge >= 0.3 is 0 Å². The lowest BCUT2D eigenvalue weighted by molar-refractivity contribution is 0.218. The summed E-state index contributed by atoms with van der Waals surface area (Å²) in [7, 11) is 0. The maximum absolute atomic E-state index is 6.04. The monoisotopic (exact) mass is 140 g/mol. The molecular weight excluding hydrogens is 124 g/mol. The van der Waals surface area contributed by atoms with Gasteiger partial charge in [-0.3, -0.25) is 0 Å². The molecule has 2 nitrogen and oxygen atoms in total. The van der Waals surface area contributed by atoms with E-state index in [1.165, 1.54) is 32.5 Å². The second-order valence-corrected chi connectivity index (χ2v) is 3.78. The maximum atomic E-state index is 6.04. The molecule has 1 aliphatic heterocycles. The molecule has 2 aliphatic rings. The Morgan fingerprint density at radius 2 is 2.50 bits per heavy atom. The number of fused-ring (bicyclic) bond motifs is 1. The fraction of sp³-hybridized carbons (Fsp3) is 1.00. The number of nitrogens with zero attached hydrogens (tertiary/aromatic N) is 1. The first-order valence-corrected chi connectivity index (χ1v) is 4.26. The van der Waals surface area contributed by atoms with Crippen LogP contribution in [0.3, 0.4) is 0 Å². The molecule has 0 amide bonds. The summed E-state index contributed by atoms with van der Waals surface area (Å²) < 4.78 is 0.